The lowest BCUT2D eigenvalue weighted by Gasteiger charge is -2.12. The number of aryl methyl sites for hydroxylation is 2. The minimum atomic E-state index is -4.07. The summed E-state index contributed by atoms with van der Waals surface area (Å²) in [7, 11) is -4.07. The summed E-state index contributed by atoms with van der Waals surface area (Å²) in [6.07, 6.45) is 0.825. The Morgan fingerprint density at radius 3 is 2.42 bits per heavy atom. The molecule has 3 amide bonds. The van der Waals surface area contributed by atoms with Gasteiger partial charge in [0.05, 0.1) is 11.4 Å². The van der Waals surface area contributed by atoms with E-state index in [-0.39, 0.29) is 16.6 Å². The van der Waals surface area contributed by atoms with Crippen molar-refractivity contribution in [3.8, 4) is 0 Å². The summed E-state index contributed by atoms with van der Waals surface area (Å²) in [5, 5.41) is 5.90. The van der Waals surface area contributed by atoms with Gasteiger partial charge in [-0.05, 0) is 62.2 Å². The molecule has 4 aromatic rings. The van der Waals surface area contributed by atoms with Crippen LogP contribution in [0.25, 0.3) is 11.2 Å². The predicted octanol–water partition coefficient (Wildman–Crippen LogP) is 4.40. The first-order valence-corrected chi connectivity index (χ1v) is 13.7. The van der Waals surface area contributed by atoms with Crippen LogP contribution in [-0.2, 0) is 16.6 Å². The van der Waals surface area contributed by atoms with Crippen LogP contribution in [0.4, 0.5) is 10.5 Å². The number of rotatable bonds is 8. The summed E-state index contributed by atoms with van der Waals surface area (Å²) in [6.45, 7) is 6.46. The number of nitrogens with zero attached hydrogens (tertiary/aromatic N) is 3. The summed E-state index contributed by atoms with van der Waals surface area (Å²) in [6, 6.07) is 14.1. The highest BCUT2D eigenvalue weighted by molar-refractivity contribution is 7.90. The van der Waals surface area contributed by atoms with Gasteiger partial charge in [0.15, 0.2) is 5.65 Å². The molecule has 0 aliphatic rings. The van der Waals surface area contributed by atoms with Crippen molar-refractivity contribution >= 4 is 50.4 Å². The first-order chi connectivity index (χ1) is 18.1. The molecule has 0 atom stereocenters. The maximum absolute atomic E-state index is 12.8. The number of fused-ring (bicyclic) bond motifs is 1. The number of carbonyl (C=O) groups is 2. The van der Waals surface area contributed by atoms with Crippen molar-refractivity contribution in [1.82, 2.24) is 24.6 Å². The van der Waals surface area contributed by atoms with Gasteiger partial charge in [0.2, 0.25) is 0 Å². The number of hydrogen-bond acceptors (Lipinski definition) is 6. The van der Waals surface area contributed by atoms with E-state index < -0.39 is 15.9 Å². The summed E-state index contributed by atoms with van der Waals surface area (Å²) >= 11 is 6.50. The molecule has 0 aliphatic heterocycles. The first-order valence-electron chi connectivity index (χ1n) is 11.9. The summed E-state index contributed by atoms with van der Waals surface area (Å²) in [5.41, 5.74) is 3.06. The minimum absolute atomic E-state index is 0.0196. The second-order valence-electron chi connectivity index (χ2n) is 8.72. The van der Waals surface area contributed by atoms with E-state index in [0.717, 1.165) is 17.5 Å². The van der Waals surface area contributed by atoms with Gasteiger partial charge in [-0.1, -0.05) is 42.3 Å². The number of halogens is 1. The molecule has 38 heavy (non-hydrogen) atoms. The quantitative estimate of drug-likeness (QED) is 0.295. The third-order valence-corrected chi connectivity index (χ3v) is 7.45. The predicted molar refractivity (Wildman–Crippen MR) is 146 cm³/mol. The van der Waals surface area contributed by atoms with Gasteiger partial charge in [-0.15, -0.1) is 0 Å². The maximum atomic E-state index is 12.8. The molecule has 0 aliphatic carbocycles. The van der Waals surface area contributed by atoms with Crippen molar-refractivity contribution < 1.29 is 18.0 Å². The molecule has 4 rings (SSSR count). The highest BCUT2D eigenvalue weighted by atomic mass is 35.5. The van der Waals surface area contributed by atoms with Gasteiger partial charge in [-0.2, -0.15) is 0 Å². The zero-order chi connectivity index (χ0) is 27.4. The van der Waals surface area contributed by atoms with Gasteiger partial charge in [0, 0.05) is 17.3 Å². The lowest BCUT2D eigenvalue weighted by molar-refractivity contribution is 0.0977. The fourth-order valence-electron chi connectivity index (χ4n) is 3.72. The molecular formula is C26H27ClN6O4S. The average molecular weight is 555 g/mol. The van der Waals surface area contributed by atoms with Crippen LogP contribution in [0, 0.1) is 13.8 Å². The van der Waals surface area contributed by atoms with E-state index in [1.807, 2.05) is 13.8 Å². The SMILES string of the molecule is CCCNC(=O)Nc1ccc(Cn2c(C)nc3ccc(C(=O)NS(=O)(=O)c4ccc(C)cc4)nc32)c(Cl)c1. The Morgan fingerprint density at radius 2 is 1.74 bits per heavy atom. The zero-order valence-corrected chi connectivity index (χ0v) is 22.7. The molecule has 0 spiro atoms. The number of benzene rings is 2. The maximum Gasteiger partial charge on any atom is 0.319 e. The fraction of sp³-hybridized carbons (Fsp3) is 0.231. The number of sulfonamides is 1. The van der Waals surface area contributed by atoms with Crippen molar-refractivity contribution in [2.75, 3.05) is 11.9 Å². The first kappa shape index (κ1) is 27.1. The number of urea groups is 1. The molecule has 12 heteroatoms. The number of carbonyl (C=O) groups excluding carboxylic acids is 2. The van der Waals surface area contributed by atoms with E-state index in [1.54, 1.807) is 47.9 Å². The Bertz CT molecular complexity index is 1620. The number of hydrogen-bond donors (Lipinski definition) is 3. The van der Waals surface area contributed by atoms with Crippen molar-refractivity contribution in [1.29, 1.82) is 0 Å². The van der Waals surface area contributed by atoms with Crippen LogP contribution < -0.4 is 15.4 Å². The van der Waals surface area contributed by atoms with E-state index in [2.05, 4.69) is 25.3 Å². The molecule has 3 N–H and O–H groups in total. The third-order valence-electron chi connectivity index (χ3n) is 5.75. The molecule has 2 heterocycles. The molecule has 0 bridgehead atoms. The van der Waals surface area contributed by atoms with Crippen LogP contribution >= 0.6 is 11.6 Å². The van der Waals surface area contributed by atoms with Crippen LogP contribution in [0.3, 0.4) is 0 Å². The molecule has 10 nitrogen and oxygen atoms in total. The molecule has 0 saturated heterocycles. The van der Waals surface area contributed by atoms with E-state index in [9.17, 15) is 18.0 Å². The highest BCUT2D eigenvalue weighted by Crippen LogP contribution is 2.24. The normalized spacial score (nSPS) is 11.4. The number of imidazole rings is 1. The van der Waals surface area contributed by atoms with Crippen LogP contribution in [0.2, 0.25) is 5.02 Å². The topological polar surface area (TPSA) is 135 Å². The lowest BCUT2D eigenvalue weighted by atomic mass is 10.2. The van der Waals surface area contributed by atoms with E-state index in [4.69, 9.17) is 11.6 Å². The molecule has 2 aromatic carbocycles. The van der Waals surface area contributed by atoms with E-state index in [1.165, 1.54) is 18.2 Å². The van der Waals surface area contributed by atoms with Crippen molar-refractivity contribution in [2.45, 2.75) is 38.6 Å². The molecule has 0 fully saturated rings. The summed E-state index contributed by atoms with van der Waals surface area (Å²) < 4.78 is 29.2. The van der Waals surface area contributed by atoms with Crippen molar-refractivity contribution in [3.63, 3.8) is 0 Å². The lowest BCUT2D eigenvalue weighted by Crippen LogP contribution is -2.31. The molecule has 0 saturated carbocycles. The molecule has 0 radical (unpaired) electrons. The van der Waals surface area contributed by atoms with Crippen LogP contribution in [-0.4, -0.2) is 41.4 Å². The third kappa shape index (κ3) is 6.12. The highest BCUT2D eigenvalue weighted by Gasteiger charge is 2.21. The van der Waals surface area contributed by atoms with Gasteiger partial charge in [-0.25, -0.2) is 27.9 Å². The monoisotopic (exact) mass is 554 g/mol. The van der Waals surface area contributed by atoms with Gasteiger partial charge in [0.1, 0.15) is 17.0 Å². The van der Waals surface area contributed by atoms with E-state index in [0.29, 0.717) is 40.8 Å². The second kappa shape index (κ2) is 11.2. The van der Waals surface area contributed by atoms with Crippen LogP contribution in [0.15, 0.2) is 59.5 Å². The molecule has 0 unspecified atom stereocenters. The second-order valence-corrected chi connectivity index (χ2v) is 10.8. The van der Waals surface area contributed by atoms with Gasteiger partial charge in [0.25, 0.3) is 15.9 Å². The van der Waals surface area contributed by atoms with Gasteiger partial charge in [-0.3, -0.25) is 4.79 Å². The number of pyridine rings is 1. The largest absolute Gasteiger partial charge is 0.338 e. The average Bonchev–Trinajstić information content (AvgIpc) is 3.18. The van der Waals surface area contributed by atoms with Gasteiger partial charge < -0.3 is 15.2 Å². The van der Waals surface area contributed by atoms with Crippen molar-refractivity contribution in [3.05, 3.63) is 82.3 Å². The molecule has 198 valence electrons. The summed E-state index contributed by atoms with van der Waals surface area (Å²) in [4.78, 5) is 33.6. The Morgan fingerprint density at radius 1 is 1.00 bits per heavy atom. The van der Waals surface area contributed by atoms with Gasteiger partial charge >= 0.3 is 6.03 Å². The number of aromatic nitrogens is 3. The summed E-state index contributed by atoms with van der Waals surface area (Å²) in [5.74, 6) is -0.220. The van der Waals surface area contributed by atoms with Crippen LogP contribution in [0.1, 0.15) is 40.8 Å². The number of anilines is 1. The fourth-order valence-corrected chi connectivity index (χ4v) is 4.92. The number of amides is 3. The minimum Gasteiger partial charge on any atom is -0.338 e. The molecular weight excluding hydrogens is 528 g/mol. The Balaban J connectivity index is 1.56. The standard InChI is InChI=1S/C26H27ClN6O4S/c1-4-13-28-26(35)30-19-8-7-18(21(27)14-19)15-33-17(3)29-22-11-12-23(31-24(22)33)25(34)32-38(36,37)20-9-5-16(2)6-10-20/h5-12,14H,4,13,15H2,1-3H3,(H,32,34)(H2,28,30,35). The molecule has 2 aromatic heterocycles. The Labute approximate surface area is 225 Å². The van der Waals surface area contributed by atoms with Crippen LogP contribution in [0.5, 0.6) is 0 Å². The smallest absolute Gasteiger partial charge is 0.319 e. The van der Waals surface area contributed by atoms with E-state index >= 15 is 0 Å². The zero-order valence-electron chi connectivity index (χ0n) is 21.1. The van der Waals surface area contributed by atoms with Crippen molar-refractivity contribution in [2.24, 2.45) is 0 Å². The Hall–Kier alpha value is -3.96. The Kier molecular flexibility index (Phi) is 7.98. The number of nitrogens with one attached hydrogen (secondary N) is 3.